The summed E-state index contributed by atoms with van der Waals surface area (Å²) >= 11 is 0. The van der Waals surface area contributed by atoms with Crippen LogP contribution < -0.4 is 5.32 Å². The van der Waals surface area contributed by atoms with E-state index in [0.29, 0.717) is 17.6 Å². The second-order valence-corrected chi connectivity index (χ2v) is 7.04. The first-order chi connectivity index (χ1) is 12.3. The van der Waals surface area contributed by atoms with Gasteiger partial charge < -0.3 is 9.84 Å². The molecule has 3 aromatic heterocycles. The Morgan fingerprint density at radius 2 is 1.81 bits per heavy atom. The Hall–Kier alpha value is -2.77. The molecule has 0 aliphatic carbocycles. The summed E-state index contributed by atoms with van der Waals surface area (Å²) < 4.78 is 6.92. The summed E-state index contributed by atoms with van der Waals surface area (Å²) in [5, 5.41) is 11.8. The Balaban J connectivity index is 2.01. The average Bonchev–Trinajstić information content (AvgIpc) is 3.20. The highest BCUT2D eigenvalue weighted by Crippen LogP contribution is 2.26. The normalized spacial score (nSPS) is 12.8. The van der Waals surface area contributed by atoms with E-state index in [0.717, 1.165) is 22.9 Å². The number of aryl methyl sites for hydroxylation is 2. The lowest BCUT2D eigenvalue weighted by atomic mass is 10.1. The van der Waals surface area contributed by atoms with E-state index in [-0.39, 0.29) is 12.0 Å². The third kappa shape index (κ3) is 3.89. The molecule has 0 aromatic carbocycles. The van der Waals surface area contributed by atoms with Gasteiger partial charge in [-0.1, -0.05) is 32.9 Å². The van der Waals surface area contributed by atoms with Crippen molar-refractivity contribution in [2.75, 3.05) is 5.32 Å². The van der Waals surface area contributed by atoms with Crippen molar-refractivity contribution in [3.63, 3.8) is 0 Å². The Kier molecular flexibility index (Phi) is 5.01. The van der Waals surface area contributed by atoms with Crippen LogP contribution in [0.25, 0.3) is 0 Å². The zero-order valence-electron chi connectivity index (χ0n) is 16.1. The molecule has 1 atom stereocenters. The van der Waals surface area contributed by atoms with Gasteiger partial charge in [0, 0.05) is 43.4 Å². The van der Waals surface area contributed by atoms with Gasteiger partial charge in [-0.2, -0.15) is 10.1 Å². The van der Waals surface area contributed by atoms with Crippen molar-refractivity contribution in [2.24, 2.45) is 7.05 Å². The van der Waals surface area contributed by atoms with E-state index in [2.05, 4.69) is 58.2 Å². The largest absolute Gasteiger partial charge is 0.356 e. The molecule has 3 heterocycles. The van der Waals surface area contributed by atoms with Gasteiger partial charge in [-0.25, -0.2) is 9.97 Å². The van der Waals surface area contributed by atoms with Crippen LogP contribution in [-0.2, 0) is 7.05 Å². The van der Waals surface area contributed by atoms with Crippen LogP contribution in [0.3, 0.4) is 0 Å². The van der Waals surface area contributed by atoms with Gasteiger partial charge in [0.25, 0.3) is 0 Å². The number of hydrogen-bond donors (Lipinski definition) is 1. The summed E-state index contributed by atoms with van der Waals surface area (Å²) in [6, 6.07) is 1.67. The highest BCUT2D eigenvalue weighted by molar-refractivity contribution is 5.42. The van der Waals surface area contributed by atoms with Gasteiger partial charge in [-0.3, -0.25) is 4.68 Å². The van der Waals surface area contributed by atoms with Gasteiger partial charge in [0.05, 0.1) is 6.20 Å². The van der Waals surface area contributed by atoms with E-state index in [9.17, 15) is 0 Å². The molecule has 0 bridgehead atoms. The second-order valence-electron chi connectivity index (χ2n) is 7.04. The van der Waals surface area contributed by atoms with Crippen LogP contribution in [0.15, 0.2) is 23.0 Å². The maximum atomic E-state index is 5.17. The Bertz CT molecular complexity index is 815. The molecule has 0 fully saturated rings. The average molecular weight is 355 g/mol. The molecule has 0 radical (unpaired) electrons. The quantitative estimate of drug-likeness (QED) is 0.724. The summed E-state index contributed by atoms with van der Waals surface area (Å²) in [7, 11) is 1.88. The van der Waals surface area contributed by atoms with Crippen molar-refractivity contribution in [3.8, 4) is 0 Å². The third-order valence-electron chi connectivity index (χ3n) is 4.02. The number of aromatic nitrogens is 6. The zero-order chi connectivity index (χ0) is 18.8. The van der Waals surface area contributed by atoms with Gasteiger partial charge in [0.15, 0.2) is 5.82 Å². The highest BCUT2D eigenvalue weighted by Gasteiger charge is 2.23. The van der Waals surface area contributed by atoms with Gasteiger partial charge in [0.1, 0.15) is 17.7 Å². The molecule has 0 spiro atoms. The van der Waals surface area contributed by atoms with E-state index < -0.39 is 0 Å². The van der Waals surface area contributed by atoms with E-state index >= 15 is 0 Å². The molecule has 0 saturated heterocycles. The molecule has 0 amide bonds. The minimum absolute atomic E-state index is 0.235. The van der Waals surface area contributed by atoms with E-state index in [1.54, 1.807) is 17.8 Å². The van der Waals surface area contributed by atoms with E-state index in [4.69, 9.17) is 4.52 Å². The van der Waals surface area contributed by atoms with Crippen LogP contribution in [0.4, 0.5) is 5.82 Å². The van der Waals surface area contributed by atoms with Gasteiger partial charge in [-0.15, -0.1) is 0 Å². The minimum Gasteiger partial charge on any atom is -0.356 e. The maximum absolute atomic E-state index is 5.17. The van der Waals surface area contributed by atoms with Crippen molar-refractivity contribution < 1.29 is 4.52 Å². The lowest BCUT2D eigenvalue weighted by Crippen LogP contribution is -2.16. The topological polar surface area (TPSA) is 94.6 Å². The second kappa shape index (κ2) is 7.23. The number of nitrogens with zero attached hydrogens (tertiary/aromatic N) is 6. The van der Waals surface area contributed by atoms with Crippen LogP contribution >= 0.6 is 0 Å². The van der Waals surface area contributed by atoms with Gasteiger partial charge >= 0.3 is 0 Å². The summed E-state index contributed by atoms with van der Waals surface area (Å²) in [4.78, 5) is 13.7. The van der Waals surface area contributed by atoms with Crippen molar-refractivity contribution in [3.05, 3.63) is 47.3 Å². The van der Waals surface area contributed by atoms with Crippen LogP contribution in [-0.4, -0.2) is 29.9 Å². The van der Waals surface area contributed by atoms with E-state index in [1.165, 1.54) is 0 Å². The monoisotopic (exact) mass is 355 g/mol. The molecular weight excluding hydrogens is 330 g/mol. The molecular formula is C18H25N7O. The van der Waals surface area contributed by atoms with Crippen LogP contribution in [0.5, 0.6) is 0 Å². The summed E-state index contributed by atoms with van der Waals surface area (Å²) in [5.41, 5.74) is 1.93. The minimum atomic E-state index is -0.309. The van der Waals surface area contributed by atoms with Crippen molar-refractivity contribution >= 4 is 5.82 Å². The van der Waals surface area contributed by atoms with Crippen molar-refractivity contribution in [1.82, 2.24) is 29.9 Å². The number of nitrogens with one attached hydrogen (secondary N) is 1. The molecule has 8 heteroatoms. The SMILES string of the molecule is Cc1nc(C(Nc2cc(C(C)C)nc(C(C)C)n2)c2cnn(C)c2)no1. The third-order valence-corrected chi connectivity index (χ3v) is 4.02. The molecule has 1 unspecified atom stereocenters. The standard InChI is InChI=1S/C18H25N7O/c1-10(2)14-7-15(23-17(21-14)11(3)4)22-16(13-8-19-25(6)9-13)18-20-12(5)26-24-18/h7-11,16H,1-6H3,(H,21,22,23). The summed E-state index contributed by atoms with van der Waals surface area (Å²) in [6.45, 7) is 10.2. The Labute approximate surface area is 153 Å². The zero-order valence-corrected chi connectivity index (χ0v) is 16.1. The Morgan fingerprint density at radius 3 is 2.35 bits per heavy atom. The summed E-state index contributed by atoms with van der Waals surface area (Å²) in [6.07, 6.45) is 3.72. The Morgan fingerprint density at radius 1 is 1.04 bits per heavy atom. The molecule has 0 aliphatic rings. The van der Waals surface area contributed by atoms with Crippen LogP contribution in [0, 0.1) is 6.92 Å². The first-order valence-corrected chi connectivity index (χ1v) is 8.77. The van der Waals surface area contributed by atoms with Crippen LogP contribution in [0.1, 0.15) is 74.4 Å². The molecule has 1 N–H and O–H groups in total. The van der Waals surface area contributed by atoms with Crippen LogP contribution in [0.2, 0.25) is 0 Å². The number of anilines is 1. The number of hydrogen-bond acceptors (Lipinski definition) is 7. The predicted molar refractivity (Wildman–Crippen MR) is 97.9 cm³/mol. The molecule has 138 valence electrons. The van der Waals surface area contributed by atoms with Gasteiger partial charge in [0.2, 0.25) is 5.89 Å². The predicted octanol–water partition coefficient (Wildman–Crippen LogP) is 3.35. The van der Waals surface area contributed by atoms with Gasteiger partial charge in [-0.05, 0) is 5.92 Å². The molecule has 3 rings (SSSR count). The molecule has 3 aromatic rings. The fraction of sp³-hybridized carbons (Fsp3) is 0.500. The number of rotatable bonds is 6. The molecule has 0 aliphatic heterocycles. The first-order valence-electron chi connectivity index (χ1n) is 8.77. The lowest BCUT2D eigenvalue weighted by molar-refractivity contribution is 0.386. The van der Waals surface area contributed by atoms with E-state index in [1.807, 2.05) is 19.3 Å². The fourth-order valence-electron chi connectivity index (χ4n) is 2.58. The summed E-state index contributed by atoms with van der Waals surface area (Å²) in [5.74, 6) is 3.16. The first kappa shape index (κ1) is 18.0. The molecule has 0 saturated carbocycles. The lowest BCUT2D eigenvalue weighted by Gasteiger charge is -2.17. The van der Waals surface area contributed by atoms with Crippen molar-refractivity contribution in [1.29, 1.82) is 0 Å². The fourth-order valence-corrected chi connectivity index (χ4v) is 2.58. The maximum Gasteiger partial charge on any atom is 0.223 e. The highest BCUT2D eigenvalue weighted by atomic mass is 16.5. The molecule has 8 nitrogen and oxygen atoms in total. The molecule has 26 heavy (non-hydrogen) atoms. The smallest absolute Gasteiger partial charge is 0.223 e. The van der Waals surface area contributed by atoms with Crippen molar-refractivity contribution in [2.45, 2.75) is 52.5 Å².